The topological polar surface area (TPSA) is 66.9 Å². The van der Waals surface area contributed by atoms with Crippen LogP contribution in [-0.2, 0) is 4.79 Å². The maximum Gasteiger partial charge on any atom is 0.222 e. The number of nitrogens with zero attached hydrogens (tertiary/aromatic N) is 2. The van der Waals surface area contributed by atoms with Crippen LogP contribution in [0.3, 0.4) is 0 Å². The molecule has 1 heterocycles. The second-order valence-corrected chi connectivity index (χ2v) is 4.88. The van der Waals surface area contributed by atoms with E-state index in [1.165, 1.54) is 12.5 Å². The van der Waals surface area contributed by atoms with Crippen molar-refractivity contribution in [2.45, 2.75) is 27.7 Å². The fraction of sp³-hybridized carbons (Fsp3) is 0.267. The fourth-order valence-electron chi connectivity index (χ4n) is 2.15. The number of amides is 1. The van der Waals surface area contributed by atoms with E-state index < -0.39 is 0 Å². The van der Waals surface area contributed by atoms with Crippen LogP contribution in [0.5, 0.6) is 0 Å². The molecule has 0 aliphatic heterocycles. The first kappa shape index (κ1) is 14.0. The van der Waals surface area contributed by atoms with Crippen LogP contribution in [0.2, 0.25) is 0 Å². The maximum absolute atomic E-state index is 10.9. The van der Waals surface area contributed by atoms with Crippen molar-refractivity contribution in [1.82, 2.24) is 10.2 Å². The van der Waals surface area contributed by atoms with Gasteiger partial charge in [-0.15, -0.1) is 10.2 Å². The molecule has 5 nitrogen and oxygen atoms in total. The van der Waals surface area contributed by atoms with Gasteiger partial charge in [-0.3, -0.25) is 4.79 Å². The summed E-state index contributed by atoms with van der Waals surface area (Å²) in [7, 11) is 0. The molecule has 0 saturated carbocycles. The molecule has 0 unspecified atom stereocenters. The lowest BCUT2D eigenvalue weighted by Crippen LogP contribution is -2.08. The molecule has 1 aromatic carbocycles. The Morgan fingerprint density at radius 2 is 1.55 bits per heavy atom. The Kier molecular flexibility index (Phi) is 3.98. The summed E-state index contributed by atoms with van der Waals surface area (Å²) in [4.78, 5) is 10.9. The molecule has 20 heavy (non-hydrogen) atoms. The molecule has 0 saturated heterocycles. The summed E-state index contributed by atoms with van der Waals surface area (Å²) >= 11 is 0. The second kappa shape index (κ2) is 5.69. The number of carbonyl (C=O) groups is 1. The van der Waals surface area contributed by atoms with E-state index in [1.807, 2.05) is 0 Å². The van der Waals surface area contributed by atoms with Crippen molar-refractivity contribution >= 4 is 23.2 Å². The molecule has 0 aliphatic rings. The highest BCUT2D eigenvalue weighted by molar-refractivity contribution is 5.87. The van der Waals surface area contributed by atoms with Gasteiger partial charge in [-0.2, -0.15) is 0 Å². The number of anilines is 3. The lowest BCUT2D eigenvalue weighted by Gasteiger charge is -2.13. The van der Waals surface area contributed by atoms with Gasteiger partial charge in [0.05, 0.1) is 0 Å². The van der Waals surface area contributed by atoms with E-state index in [0.717, 1.165) is 16.8 Å². The highest BCUT2D eigenvalue weighted by atomic mass is 16.1. The molecule has 5 heteroatoms. The SMILES string of the molecule is CC(=O)Nc1ccc(Nc2c(C)cc(C)cc2C)nn1. The van der Waals surface area contributed by atoms with Crippen molar-refractivity contribution in [1.29, 1.82) is 0 Å². The fourth-order valence-corrected chi connectivity index (χ4v) is 2.15. The van der Waals surface area contributed by atoms with Crippen LogP contribution in [0.15, 0.2) is 24.3 Å². The first-order valence-corrected chi connectivity index (χ1v) is 6.42. The molecular weight excluding hydrogens is 252 g/mol. The molecule has 104 valence electrons. The standard InChI is InChI=1S/C15H18N4O/c1-9-7-10(2)15(11(3)8-9)17-14-6-5-13(18-19-14)16-12(4)20/h5-8H,1-4H3,(H,17,19)(H,16,18,20). The number of hydrogen-bond acceptors (Lipinski definition) is 4. The number of aryl methyl sites for hydroxylation is 3. The van der Waals surface area contributed by atoms with Crippen LogP contribution in [0.1, 0.15) is 23.6 Å². The minimum atomic E-state index is -0.162. The van der Waals surface area contributed by atoms with E-state index in [0.29, 0.717) is 11.6 Å². The highest BCUT2D eigenvalue weighted by Crippen LogP contribution is 2.24. The first-order chi connectivity index (χ1) is 9.45. The monoisotopic (exact) mass is 270 g/mol. The lowest BCUT2D eigenvalue weighted by atomic mass is 10.1. The molecule has 0 bridgehead atoms. The van der Waals surface area contributed by atoms with E-state index in [9.17, 15) is 4.79 Å². The van der Waals surface area contributed by atoms with Crippen molar-refractivity contribution in [2.24, 2.45) is 0 Å². The Morgan fingerprint density at radius 1 is 1.00 bits per heavy atom. The molecule has 0 fully saturated rings. The van der Waals surface area contributed by atoms with E-state index in [1.54, 1.807) is 12.1 Å². The largest absolute Gasteiger partial charge is 0.338 e. The third-order valence-corrected chi connectivity index (χ3v) is 2.90. The van der Waals surface area contributed by atoms with E-state index in [2.05, 4.69) is 53.7 Å². The molecule has 0 aliphatic carbocycles. The van der Waals surface area contributed by atoms with Gasteiger partial charge in [0.1, 0.15) is 0 Å². The van der Waals surface area contributed by atoms with Crippen LogP contribution < -0.4 is 10.6 Å². The Balaban J connectivity index is 2.20. The number of nitrogens with one attached hydrogen (secondary N) is 2. The van der Waals surface area contributed by atoms with Crippen molar-refractivity contribution in [3.8, 4) is 0 Å². The number of benzene rings is 1. The van der Waals surface area contributed by atoms with E-state index in [-0.39, 0.29) is 5.91 Å². The molecular formula is C15H18N4O. The quantitative estimate of drug-likeness (QED) is 0.899. The minimum Gasteiger partial charge on any atom is -0.338 e. The van der Waals surface area contributed by atoms with Gasteiger partial charge in [0.25, 0.3) is 0 Å². The minimum absolute atomic E-state index is 0.162. The maximum atomic E-state index is 10.9. The van der Waals surface area contributed by atoms with Gasteiger partial charge in [-0.05, 0) is 44.0 Å². The molecule has 1 aromatic heterocycles. The predicted molar refractivity (Wildman–Crippen MR) is 80.3 cm³/mol. The van der Waals surface area contributed by atoms with Crippen molar-refractivity contribution < 1.29 is 4.79 Å². The number of rotatable bonds is 3. The van der Waals surface area contributed by atoms with Crippen LogP contribution >= 0.6 is 0 Å². The molecule has 1 amide bonds. The predicted octanol–water partition coefficient (Wildman–Crippen LogP) is 3.10. The Bertz CT molecular complexity index is 612. The summed E-state index contributed by atoms with van der Waals surface area (Å²) in [6, 6.07) is 7.75. The number of aromatic nitrogens is 2. The summed E-state index contributed by atoms with van der Waals surface area (Å²) in [5.74, 6) is 0.930. The first-order valence-electron chi connectivity index (χ1n) is 6.42. The molecule has 2 aromatic rings. The van der Waals surface area contributed by atoms with Crippen molar-refractivity contribution in [2.75, 3.05) is 10.6 Å². The highest BCUT2D eigenvalue weighted by Gasteiger charge is 2.06. The molecule has 0 atom stereocenters. The van der Waals surface area contributed by atoms with Crippen molar-refractivity contribution in [3.05, 3.63) is 41.0 Å². The number of hydrogen-bond donors (Lipinski definition) is 2. The summed E-state index contributed by atoms with van der Waals surface area (Å²) < 4.78 is 0. The zero-order chi connectivity index (χ0) is 14.7. The van der Waals surface area contributed by atoms with Gasteiger partial charge in [0, 0.05) is 12.6 Å². The zero-order valence-electron chi connectivity index (χ0n) is 12.1. The van der Waals surface area contributed by atoms with Crippen LogP contribution in [0, 0.1) is 20.8 Å². The van der Waals surface area contributed by atoms with Gasteiger partial charge in [0.15, 0.2) is 11.6 Å². The third kappa shape index (κ3) is 3.32. The smallest absolute Gasteiger partial charge is 0.222 e. The van der Waals surface area contributed by atoms with Crippen LogP contribution in [0.4, 0.5) is 17.3 Å². The van der Waals surface area contributed by atoms with Gasteiger partial charge in [-0.1, -0.05) is 17.7 Å². The van der Waals surface area contributed by atoms with Gasteiger partial charge >= 0.3 is 0 Å². The zero-order valence-corrected chi connectivity index (χ0v) is 12.1. The Hall–Kier alpha value is -2.43. The summed E-state index contributed by atoms with van der Waals surface area (Å²) in [5, 5.41) is 13.9. The molecule has 2 rings (SSSR count). The van der Waals surface area contributed by atoms with E-state index >= 15 is 0 Å². The second-order valence-electron chi connectivity index (χ2n) is 4.88. The van der Waals surface area contributed by atoms with Crippen molar-refractivity contribution in [3.63, 3.8) is 0 Å². The van der Waals surface area contributed by atoms with Gasteiger partial charge < -0.3 is 10.6 Å². The van der Waals surface area contributed by atoms with Crippen LogP contribution in [-0.4, -0.2) is 16.1 Å². The molecule has 0 spiro atoms. The summed E-state index contributed by atoms with van der Waals surface area (Å²) in [6.07, 6.45) is 0. The number of carbonyl (C=O) groups excluding carboxylic acids is 1. The average Bonchev–Trinajstić information content (AvgIpc) is 2.35. The average molecular weight is 270 g/mol. The Labute approximate surface area is 118 Å². The summed E-state index contributed by atoms with van der Waals surface area (Å²) in [5.41, 5.74) is 4.60. The molecule has 2 N–H and O–H groups in total. The normalized spacial score (nSPS) is 10.2. The van der Waals surface area contributed by atoms with Crippen LogP contribution in [0.25, 0.3) is 0 Å². The van der Waals surface area contributed by atoms with Gasteiger partial charge in [0.2, 0.25) is 5.91 Å². The Morgan fingerprint density at radius 3 is 2.05 bits per heavy atom. The van der Waals surface area contributed by atoms with Gasteiger partial charge in [-0.25, -0.2) is 0 Å². The lowest BCUT2D eigenvalue weighted by molar-refractivity contribution is -0.114. The molecule has 0 radical (unpaired) electrons. The summed E-state index contributed by atoms with van der Waals surface area (Å²) in [6.45, 7) is 7.63. The third-order valence-electron chi connectivity index (χ3n) is 2.90. The van der Waals surface area contributed by atoms with E-state index in [4.69, 9.17) is 0 Å².